The third kappa shape index (κ3) is 4.84. The third-order valence-electron chi connectivity index (χ3n) is 4.62. The van der Waals surface area contributed by atoms with Crippen LogP contribution in [0.25, 0.3) is 0 Å². The molecular weight excluding hydrogens is 475 g/mol. The summed E-state index contributed by atoms with van der Waals surface area (Å²) in [4.78, 5) is 1.82. The lowest BCUT2D eigenvalue weighted by Gasteiger charge is -2.18. The fourth-order valence-corrected chi connectivity index (χ4v) is 5.65. The summed E-state index contributed by atoms with van der Waals surface area (Å²) in [7, 11) is 0.601. The van der Waals surface area contributed by atoms with Crippen LogP contribution < -0.4 is 18.9 Å². The van der Waals surface area contributed by atoms with Gasteiger partial charge in [-0.25, -0.2) is 8.42 Å². The predicted molar refractivity (Wildman–Crippen MR) is 118 cm³/mol. The molecule has 0 radical (unpaired) electrons. The standard InChI is InChI=1S/C19H21Cl3N2O5S/c1-24-7-6-12(10-24)29-15-8-11(4-5-13(15)20)23-30(25,26)19-14(21)9-16(27-2)18(28-3)17(19)22/h4-5,8-9,12,23H,6-7,10H2,1-3H3/t12-/m1/s1. The number of ether oxygens (including phenoxy) is 3. The first-order chi connectivity index (χ1) is 14.2. The van der Waals surface area contributed by atoms with Crippen LogP contribution in [0.15, 0.2) is 29.2 Å². The maximum atomic E-state index is 13.0. The van der Waals surface area contributed by atoms with E-state index in [1.54, 1.807) is 6.07 Å². The number of hydrogen-bond donors (Lipinski definition) is 1. The van der Waals surface area contributed by atoms with E-state index in [-0.39, 0.29) is 38.2 Å². The highest BCUT2D eigenvalue weighted by Crippen LogP contribution is 2.44. The fraction of sp³-hybridized carbons (Fsp3) is 0.368. The summed E-state index contributed by atoms with van der Waals surface area (Å²) in [6.07, 6.45) is 0.841. The average Bonchev–Trinajstić information content (AvgIpc) is 3.08. The van der Waals surface area contributed by atoms with Crippen LogP contribution >= 0.6 is 34.8 Å². The number of nitrogens with zero attached hydrogens (tertiary/aromatic N) is 1. The summed E-state index contributed by atoms with van der Waals surface area (Å²) in [6.45, 7) is 1.69. The Morgan fingerprint density at radius 2 is 1.80 bits per heavy atom. The van der Waals surface area contributed by atoms with E-state index in [1.165, 1.54) is 32.4 Å². The molecule has 1 aliphatic rings. The lowest BCUT2D eigenvalue weighted by Crippen LogP contribution is -2.21. The monoisotopic (exact) mass is 494 g/mol. The minimum Gasteiger partial charge on any atom is -0.493 e. The number of hydrogen-bond acceptors (Lipinski definition) is 6. The normalized spacial score (nSPS) is 17.1. The molecule has 0 unspecified atom stereocenters. The average molecular weight is 496 g/mol. The van der Waals surface area contributed by atoms with Crippen molar-refractivity contribution in [2.45, 2.75) is 17.4 Å². The van der Waals surface area contributed by atoms with Gasteiger partial charge in [0, 0.05) is 25.2 Å². The second-order valence-electron chi connectivity index (χ2n) is 6.78. The Morgan fingerprint density at radius 1 is 1.07 bits per heavy atom. The van der Waals surface area contributed by atoms with Gasteiger partial charge in [0.05, 0.1) is 30.0 Å². The minimum atomic E-state index is -4.15. The van der Waals surface area contributed by atoms with Crippen molar-refractivity contribution in [1.29, 1.82) is 0 Å². The van der Waals surface area contributed by atoms with Crippen LogP contribution in [-0.4, -0.2) is 53.8 Å². The topological polar surface area (TPSA) is 77.1 Å². The van der Waals surface area contributed by atoms with E-state index in [0.29, 0.717) is 10.8 Å². The van der Waals surface area contributed by atoms with Gasteiger partial charge in [0.1, 0.15) is 21.8 Å². The van der Waals surface area contributed by atoms with Crippen molar-refractivity contribution in [2.24, 2.45) is 0 Å². The van der Waals surface area contributed by atoms with Gasteiger partial charge in [0.15, 0.2) is 11.5 Å². The van der Waals surface area contributed by atoms with E-state index < -0.39 is 10.0 Å². The van der Waals surface area contributed by atoms with E-state index in [0.717, 1.165) is 19.5 Å². The Labute approximate surface area is 190 Å². The zero-order valence-corrected chi connectivity index (χ0v) is 19.6. The van der Waals surface area contributed by atoms with Gasteiger partial charge in [0.2, 0.25) is 0 Å². The molecule has 1 saturated heterocycles. The second kappa shape index (κ2) is 9.28. The third-order valence-corrected chi connectivity index (χ3v) is 7.28. The van der Waals surface area contributed by atoms with Crippen LogP contribution in [0.3, 0.4) is 0 Å². The van der Waals surface area contributed by atoms with Crippen molar-refractivity contribution in [3.63, 3.8) is 0 Å². The SMILES string of the molecule is COc1cc(Cl)c(S(=O)(=O)Nc2ccc(Cl)c(O[C@@H]3CCN(C)C3)c2)c(Cl)c1OC. The van der Waals surface area contributed by atoms with Gasteiger partial charge in [-0.15, -0.1) is 0 Å². The fourth-order valence-electron chi connectivity index (χ4n) is 3.18. The van der Waals surface area contributed by atoms with Gasteiger partial charge in [-0.3, -0.25) is 4.72 Å². The highest BCUT2D eigenvalue weighted by molar-refractivity contribution is 7.93. The zero-order valence-electron chi connectivity index (χ0n) is 16.5. The van der Waals surface area contributed by atoms with E-state index in [9.17, 15) is 8.42 Å². The zero-order chi connectivity index (χ0) is 22.1. The van der Waals surface area contributed by atoms with Crippen molar-refractivity contribution in [2.75, 3.05) is 39.1 Å². The van der Waals surface area contributed by atoms with Crippen LogP contribution in [0.5, 0.6) is 17.2 Å². The smallest absolute Gasteiger partial charge is 0.265 e. The van der Waals surface area contributed by atoms with Crippen molar-refractivity contribution in [1.82, 2.24) is 4.90 Å². The molecule has 7 nitrogen and oxygen atoms in total. The molecule has 3 rings (SSSR count). The summed E-state index contributed by atoms with van der Waals surface area (Å²) in [5.74, 6) is 0.672. The Bertz CT molecular complexity index is 1050. The van der Waals surface area contributed by atoms with E-state index >= 15 is 0 Å². The number of likely N-dealkylation sites (tertiary alicyclic amines) is 1. The molecule has 1 atom stereocenters. The van der Waals surface area contributed by atoms with Gasteiger partial charge in [-0.05, 0) is 25.6 Å². The van der Waals surface area contributed by atoms with Crippen LogP contribution in [0.2, 0.25) is 15.1 Å². The maximum absolute atomic E-state index is 13.0. The van der Waals surface area contributed by atoms with Gasteiger partial charge < -0.3 is 19.1 Å². The number of nitrogens with one attached hydrogen (secondary N) is 1. The molecular formula is C19H21Cl3N2O5S. The molecule has 164 valence electrons. The second-order valence-corrected chi connectivity index (χ2v) is 9.59. The molecule has 0 spiro atoms. The largest absolute Gasteiger partial charge is 0.493 e. The summed E-state index contributed by atoms with van der Waals surface area (Å²) in [5.41, 5.74) is 0.252. The predicted octanol–water partition coefficient (Wildman–Crippen LogP) is 4.55. The molecule has 2 aromatic carbocycles. The number of halogens is 3. The first-order valence-corrected chi connectivity index (χ1v) is 11.6. The van der Waals surface area contributed by atoms with Crippen LogP contribution in [-0.2, 0) is 10.0 Å². The molecule has 0 aromatic heterocycles. The molecule has 0 bridgehead atoms. The van der Waals surface area contributed by atoms with E-state index in [2.05, 4.69) is 9.62 Å². The molecule has 1 heterocycles. The Kier molecular flexibility index (Phi) is 7.14. The number of likely N-dealkylation sites (N-methyl/N-ethyl adjacent to an activating group) is 1. The minimum absolute atomic E-state index is 0.0194. The van der Waals surface area contributed by atoms with E-state index in [1.807, 2.05) is 7.05 Å². The summed E-state index contributed by atoms with van der Waals surface area (Å²) < 4.78 is 44.8. The Morgan fingerprint density at radius 3 is 2.40 bits per heavy atom. The molecule has 0 aliphatic carbocycles. The first kappa shape index (κ1) is 23.1. The summed E-state index contributed by atoms with van der Waals surface area (Å²) >= 11 is 18.7. The van der Waals surface area contributed by atoms with Crippen molar-refractivity contribution >= 4 is 50.5 Å². The van der Waals surface area contributed by atoms with Gasteiger partial charge in [0.25, 0.3) is 10.0 Å². The van der Waals surface area contributed by atoms with Crippen LogP contribution in [0, 0.1) is 0 Å². The quantitative estimate of drug-likeness (QED) is 0.607. The van der Waals surface area contributed by atoms with Crippen molar-refractivity contribution < 1.29 is 22.6 Å². The van der Waals surface area contributed by atoms with Crippen LogP contribution in [0.1, 0.15) is 6.42 Å². The molecule has 1 N–H and O–H groups in total. The Hall–Kier alpha value is -1.58. The molecule has 30 heavy (non-hydrogen) atoms. The van der Waals surface area contributed by atoms with Gasteiger partial charge in [-0.1, -0.05) is 34.8 Å². The number of sulfonamides is 1. The lowest BCUT2D eigenvalue weighted by atomic mass is 10.3. The number of methoxy groups -OCH3 is 2. The van der Waals surface area contributed by atoms with Crippen molar-refractivity contribution in [3.05, 3.63) is 39.3 Å². The highest BCUT2D eigenvalue weighted by Gasteiger charge is 2.28. The maximum Gasteiger partial charge on any atom is 0.265 e. The van der Waals surface area contributed by atoms with Gasteiger partial charge in [-0.2, -0.15) is 0 Å². The molecule has 1 aliphatic heterocycles. The number of benzene rings is 2. The molecule has 1 fully saturated rings. The number of anilines is 1. The molecule has 11 heteroatoms. The number of rotatable bonds is 7. The Balaban J connectivity index is 1.92. The van der Waals surface area contributed by atoms with Crippen molar-refractivity contribution in [3.8, 4) is 17.2 Å². The van der Waals surface area contributed by atoms with E-state index in [4.69, 9.17) is 49.0 Å². The first-order valence-electron chi connectivity index (χ1n) is 8.93. The lowest BCUT2D eigenvalue weighted by molar-refractivity contribution is 0.208. The summed E-state index contributed by atoms with van der Waals surface area (Å²) in [6, 6.07) is 5.94. The molecule has 0 saturated carbocycles. The molecule has 0 amide bonds. The molecule has 2 aromatic rings. The highest BCUT2D eigenvalue weighted by atomic mass is 35.5. The summed E-state index contributed by atoms with van der Waals surface area (Å²) in [5, 5.41) is 0.0908. The van der Waals surface area contributed by atoms with Crippen LogP contribution in [0.4, 0.5) is 5.69 Å². The van der Waals surface area contributed by atoms with Gasteiger partial charge >= 0.3 is 0 Å².